The molecule has 3 nitrogen and oxygen atoms in total. The topological polar surface area (TPSA) is 55.1 Å². The van der Waals surface area contributed by atoms with Crippen LogP contribution in [0.4, 0.5) is 0 Å². The molecule has 0 radical (unpaired) electrons. The molecule has 1 rings (SSSR count). The summed E-state index contributed by atoms with van der Waals surface area (Å²) in [7, 11) is 0. The number of hydrogen-bond acceptors (Lipinski definition) is 2. The third kappa shape index (κ3) is 3.93. The summed E-state index contributed by atoms with van der Waals surface area (Å²) in [6, 6.07) is 8.35. The Morgan fingerprint density at radius 3 is 2.65 bits per heavy atom. The van der Waals surface area contributed by atoms with E-state index in [0.29, 0.717) is 0 Å². The predicted octanol–water partition coefficient (Wildman–Crippen LogP) is 1.60. The van der Waals surface area contributed by atoms with E-state index in [1.165, 1.54) is 0 Å². The molecule has 3 N–H and O–H groups in total. The highest BCUT2D eigenvalue weighted by Gasteiger charge is 2.17. The lowest BCUT2D eigenvalue weighted by atomic mass is 10.1. The predicted molar refractivity (Wildman–Crippen MR) is 69.0 cm³/mol. The van der Waals surface area contributed by atoms with Crippen molar-refractivity contribution in [2.24, 2.45) is 5.73 Å². The second kappa shape index (κ2) is 6.72. The van der Waals surface area contributed by atoms with E-state index >= 15 is 0 Å². The van der Waals surface area contributed by atoms with Crippen molar-refractivity contribution in [3.63, 3.8) is 0 Å². The van der Waals surface area contributed by atoms with Crippen LogP contribution in [0.5, 0.6) is 0 Å². The monoisotopic (exact) mass is 230 g/mol. The summed E-state index contributed by atoms with van der Waals surface area (Å²) in [5.41, 5.74) is 6.65. The van der Waals surface area contributed by atoms with E-state index in [1.54, 1.807) is 0 Å². The molecule has 0 aliphatic rings. The van der Waals surface area contributed by atoms with Crippen LogP contribution < -0.4 is 11.1 Å². The standard InChI is InChI=1S/C14H18N2O/c1-3-8-12(4-2)16-14(17)13(15)11-9-6-5-7-10-11/h2,5-7,9-10,12-13H,3,8,15H2,1H3,(H,16,17)/t12?,13-/m1/s1. The van der Waals surface area contributed by atoms with E-state index in [-0.39, 0.29) is 11.9 Å². The molecule has 1 amide bonds. The first-order valence-electron chi connectivity index (χ1n) is 5.76. The smallest absolute Gasteiger partial charge is 0.242 e. The van der Waals surface area contributed by atoms with Crippen LogP contribution in [0.1, 0.15) is 31.4 Å². The van der Waals surface area contributed by atoms with Crippen molar-refractivity contribution in [2.45, 2.75) is 31.8 Å². The minimum Gasteiger partial charge on any atom is -0.341 e. The average molecular weight is 230 g/mol. The van der Waals surface area contributed by atoms with Crippen molar-refractivity contribution < 1.29 is 4.79 Å². The zero-order chi connectivity index (χ0) is 12.7. The molecular weight excluding hydrogens is 212 g/mol. The SMILES string of the molecule is C#CC(CCC)NC(=O)[C@H](N)c1ccccc1. The summed E-state index contributed by atoms with van der Waals surface area (Å²) in [4.78, 5) is 11.9. The number of hydrogen-bond donors (Lipinski definition) is 2. The Bertz CT molecular complexity index is 394. The first-order valence-corrected chi connectivity index (χ1v) is 5.76. The van der Waals surface area contributed by atoms with Crippen LogP contribution in [-0.4, -0.2) is 11.9 Å². The maximum Gasteiger partial charge on any atom is 0.242 e. The van der Waals surface area contributed by atoms with Gasteiger partial charge in [0.2, 0.25) is 5.91 Å². The molecule has 90 valence electrons. The molecule has 0 bridgehead atoms. The minimum atomic E-state index is -0.663. The molecule has 1 aromatic rings. The van der Waals surface area contributed by atoms with Gasteiger partial charge in [0.05, 0.1) is 6.04 Å². The molecule has 0 spiro atoms. The van der Waals surface area contributed by atoms with E-state index in [0.717, 1.165) is 18.4 Å². The zero-order valence-electron chi connectivity index (χ0n) is 10.0. The zero-order valence-corrected chi connectivity index (χ0v) is 10.0. The normalized spacial score (nSPS) is 13.5. The van der Waals surface area contributed by atoms with Gasteiger partial charge in [-0.05, 0) is 12.0 Å². The van der Waals surface area contributed by atoms with Gasteiger partial charge >= 0.3 is 0 Å². The van der Waals surface area contributed by atoms with Gasteiger partial charge in [-0.2, -0.15) is 0 Å². The van der Waals surface area contributed by atoms with Crippen molar-refractivity contribution in [2.75, 3.05) is 0 Å². The number of nitrogens with one attached hydrogen (secondary N) is 1. The number of terminal acetylenes is 1. The van der Waals surface area contributed by atoms with E-state index in [9.17, 15) is 4.79 Å². The molecule has 0 fully saturated rings. The Kier molecular flexibility index (Phi) is 5.25. The van der Waals surface area contributed by atoms with Crippen LogP contribution in [0.25, 0.3) is 0 Å². The first kappa shape index (κ1) is 13.3. The minimum absolute atomic E-state index is 0.229. The second-order valence-corrected chi connectivity index (χ2v) is 3.90. The number of nitrogens with two attached hydrogens (primary N) is 1. The lowest BCUT2D eigenvalue weighted by molar-refractivity contribution is -0.122. The largest absolute Gasteiger partial charge is 0.341 e. The van der Waals surface area contributed by atoms with Crippen LogP contribution in [0.3, 0.4) is 0 Å². The van der Waals surface area contributed by atoms with Crippen LogP contribution in [0.2, 0.25) is 0 Å². The molecule has 0 aliphatic heterocycles. The highest BCUT2D eigenvalue weighted by atomic mass is 16.2. The van der Waals surface area contributed by atoms with Gasteiger partial charge in [-0.25, -0.2) is 0 Å². The Balaban J connectivity index is 2.62. The van der Waals surface area contributed by atoms with Gasteiger partial charge in [-0.1, -0.05) is 49.6 Å². The third-order valence-electron chi connectivity index (χ3n) is 2.54. The summed E-state index contributed by atoms with van der Waals surface area (Å²) >= 11 is 0. The fraction of sp³-hybridized carbons (Fsp3) is 0.357. The van der Waals surface area contributed by atoms with Crippen LogP contribution >= 0.6 is 0 Å². The lowest BCUT2D eigenvalue weighted by Crippen LogP contribution is -2.40. The van der Waals surface area contributed by atoms with Gasteiger partial charge in [-0.3, -0.25) is 4.79 Å². The Labute approximate surface area is 102 Å². The molecule has 1 unspecified atom stereocenters. The van der Waals surface area contributed by atoms with E-state index < -0.39 is 6.04 Å². The van der Waals surface area contributed by atoms with Crippen molar-refractivity contribution in [1.29, 1.82) is 0 Å². The molecule has 1 aromatic carbocycles. The maximum absolute atomic E-state index is 11.9. The van der Waals surface area contributed by atoms with E-state index in [4.69, 9.17) is 12.2 Å². The quantitative estimate of drug-likeness (QED) is 0.755. The lowest BCUT2D eigenvalue weighted by Gasteiger charge is -2.16. The molecule has 2 atom stereocenters. The van der Waals surface area contributed by atoms with Crippen LogP contribution in [0.15, 0.2) is 30.3 Å². The van der Waals surface area contributed by atoms with Gasteiger partial charge in [0.15, 0.2) is 0 Å². The van der Waals surface area contributed by atoms with Gasteiger partial charge < -0.3 is 11.1 Å². The second-order valence-electron chi connectivity index (χ2n) is 3.90. The summed E-state index contributed by atoms with van der Waals surface area (Å²) in [5, 5.41) is 2.77. The van der Waals surface area contributed by atoms with E-state index in [1.807, 2.05) is 37.3 Å². The highest BCUT2D eigenvalue weighted by molar-refractivity contribution is 5.83. The summed E-state index contributed by atoms with van der Waals surface area (Å²) in [5.74, 6) is 2.32. The van der Waals surface area contributed by atoms with Crippen LogP contribution in [0, 0.1) is 12.3 Å². The fourth-order valence-electron chi connectivity index (χ4n) is 1.56. The molecular formula is C14H18N2O. The number of carbonyl (C=O) groups excluding carboxylic acids is 1. The van der Waals surface area contributed by atoms with E-state index in [2.05, 4.69) is 11.2 Å². The van der Waals surface area contributed by atoms with Crippen molar-refractivity contribution >= 4 is 5.91 Å². The molecule has 0 aromatic heterocycles. The summed E-state index contributed by atoms with van der Waals surface area (Å²) in [6.45, 7) is 2.02. The highest BCUT2D eigenvalue weighted by Crippen LogP contribution is 2.10. The molecule has 3 heteroatoms. The van der Waals surface area contributed by atoms with Crippen molar-refractivity contribution in [3.05, 3.63) is 35.9 Å². The Morgan fingerprint density at radius 1 is 1.47 bits per heavy atom. The molecule has 17 heavy (non-hydrogen) atoms. The Morgan fingerprint density at radius 2 is 2.12 bits per heavy atom. The first-order chi connectivity index (χ1) is 8.19. The molecule has 0 saturated carbocycles. The third-order valence-corrected chi connectivity index (χ3v) is 2.54. The number of carbonyl (C=O) groups is 1. The number of amides is 1. The Hall–Kier alpha value is -1.79. The molecule has 0 saturated heterocycles. The summed E-state index contributed by atoms with van der Waals surface area (Å²) in [6.07, 6.45) is 7.03. The van der Waals surface area contributed by atoms with Crippen LogP contribution in [-0.2, 0) is 4.79 Å². The van der Waals surface area contributed by atoms with Gasteiger partial charge in [0, 0.05) is 0 Å². The van der Waals surface area contributed by atoms with Crippen molar-refractivity contribution in [3.8, 4) is 12.3 Å². The average Bonchev–Trinajstić information content (AvgIpc) is 2.38. The molecule has 0 aliphatic carbocycles. The maximum atomic E-state index is 11.9. The number of benzene rings is 1. The van der Waals surface area contributed by atoms with Crippen molar-refractivity contribution in [1.82, 2.24) is 5.32 Å². The summed E-state index contributed by atoms with van der Waals surface area (Å²) < 4.78 is 0. The van der Waals surface area contributed by atoms with Gasteiger partial charge in [0.25, 0.3) is 0 Å². The van der Waals surface area contributed by atoms with Gasteiger partial charge in [-0.15, -0.1) is 6.42 Å². The number of rotatable bonds is 5. The fourth-order valence-corrected chi connectivity index (χ4v) is 1.56. The van der Waals surface area contributed by atoms with Gasteiger partial charge in [0.1, 0.15) is 6.04 Å². The molecule has 0 heterocycles.